The molecule has 1 N–H and O–H groups in total. The summed E-state index contributed by atoms with van der Waals surface area (Å²) in [5.74, 6) is 0.205. The van der Waals surface area contributed by atoms with E-state index in [4.69, 9.17) is 94.4 Å². The number of hydrogen-bond donors (Lipinski definition) is 1. The molecule has 8 saturated heterocycles. The van der Waals surface area contributed by atoms with Crippen molar-refractivity contribution in [1.29, 1.82) is 0 Å². The molecule has 133 heavy (non-hydrogen) atoms. The van der Waals surface area contributed by atoms with Crippen LogP contribution in [0, 0.1) is 47.3 Å². The molecule has 16 atom stereocenters. The van der Waals surface area contributed by atoms with Gasteiger partial charge in [0.05, 0.1) is 22.8 Å². The number of aliphatic hydroxyl groups is 1. The van der Waals surface area contributed by atoms with Crippen LogP contribution in [0.25, 0.3) is 0 Å². The van der Waals surface area contributed by atoms with Crippen molar-refractivity contribution in [2.45, 2.75) is 347 Å². The summed E-state index contributed by atoms with van der Waals surface area (Å²) in [6, 6.07) is 35.3. The molecule has 4 aliphatic carbocycles. The van der Waals surface area contributed by atoms with Gasteiger partial charge in [0, 0.05) is 148 Å². The van der Waals surface area contributed by atoms with E-state index in [9.17, 15) is 14.7 Å². The summed E-state index contributed by atoms with van der Waals surface area (Å²) in [4.78, 5) is 52.8. The van der Waals surface area contributed by atoms with Gasteiger partial charge in [-0.05, 0) is 238 Å². The van der Waals surface area contributed by atoms with E-state index in [0.717, 1.165) is 152 Å². The average Bonchev–Trinajstić information content (AvgIpc) is 1.66. The summed E-state index contributed by atoms with van der Waals surface area (Å²) in [6.07, 6.45) is 41.8. The van der Waals surface area contributed by atoms with Crippen molar-refractivity contribution in [3.05, 3.63) is 212 Å². The zero-order valence-corrected chi connectivity index (χ0v) is 85.2. The lowest BCUT2D eigenvalue weighted by molar-refractivity contribution is -0.576. The van der Waals surface area contributed by atoms with Gasteiger partial charge in [0.1, 0.15) is 13.1 Å². The molecule has 12 aliphatic heterocycles. The Morgan fingerprint density at radius 1 is 0.489 bits per heavy atom. The predicted molar refractivity (Wildman–Crippen MR) is 534 cm³/mol. The van der Waals surface area contributed by atoms with Crippen LogP contribution >= 0.6 is 46.4 Å². The van der Waals surface area contributed by atoms with Crippen molar-refractivity contribution in [3.63, 3.8) is 0 Å². The van der Waals surface area contributed by atoms with E-state index in [1.165, 1.54) is 135 Å². The maximum atomic E-state index is 13.4. The van der Waals surface area contributed by atoms with Gasteiger partial charge in [0.15, 0.2) is 41.5 Å². The molecule has 10 fully saturated rings. The summed E-state index contributed by atoms with van der Waals surface area (Å²) in [5, 5.41) is 12.2. The van der Waals surface area contributed by atoms with Crippen LogP contribution in [-0.2, 0) is 79.2 Å². The first-order valence-electron chi connectivity index (χ1n) is 50.4. The molecular weight excluding hydrogens is 1750 g/mol. The number of allylic oxidation sites excluding steroid dienone is 16. The second-order valence-electron chi connectivity index (χ2n) is 42.5. The summed E-state index contributed by atoms with van der Waals surface area (Å²) in [6.45, 7) is 40.6. The summed E-state index contributed by atoms with van der Waals surface area (Å²) < 4.78 is 41.0. The Bertz CT molecular complexity index is 5170. The van der Waals surface area contributed by atoms with E-state index in [-0.39, 0.29) is 62.6 Å². The third-order valence-electron chi connectivity index (χ3n) is 32.5. The number of anilines is 2. The fourth-order valence-electron chi connectivity index (χ4n) is 25.0. The third-order valence-corrected chi connectivity index (χ3v) is 33.5. The Kier molecular flexibility index (Phi) is 32.4. The van der Waals surface area contributed by atoms with Crippen LogP contribution in [0.5, 0.6) is 0 Å². The van der Waals surface area contributed by atoms with Gasteiger partial charge in [-0.15, -0.1) is 23.2 Å². The molecule has 0 radical (unpaired) electrons. The van der Waals surface area contributed by atoms with Crippen molar-refractivity contribution < 1.29 is 71.8 Å². The zero-order valence-electron chi connectivity index (χ0n) is 82.1. The van der Waals surface area contributed by atoms with Crippen LogP contribution in [0.15, 0.2) is 189 Å². The first-order chi connectivity index (χ1) is 63.8. The standard InChI is InChI=1S/C56H74ClN2O6.C40H50ClN2O2.C15H24O5.CH2Cl2/c1-9-10-17-35-58-45-24-15-13-22-43(45)53(4,5)47(58)31-28-39-20-19-21-40(50(39)57)29-32-48-54(6,7)44-23-14-16-25-46(44)59(48)36-18-11-12-26-49(60)61-51-38(3)42-30-27-37(2)41-33-34-55(8)63-52(62-51)56(41,42)65-64-55;1-6-7-12-26-42-34-20-10-8-18-32(34)39(2,3)36(42)24-22-30-16-15-17-31(38(30)41)23-25-37-40(4,5)33-19-9-11-21-35(33)43(37)27-13-14-28-45-29-44;1-8-4-5-11-9(2)12(16)17-13-15(11)10(8)6-7-14(3,18-13)19-20-15;2-1-3/h13-16,22-25,28-29,31-32,37-38,41-42,51-52H,9-12,17-21,26-27,30,33-36H2,1-8H3;8-11,18-25,29H,6-7,12-17,26-28H2,1-5H3;8-13,16H,4-7H2,1-3H3;1H2/q2*+1;;/t37-,38-,41+,42+,51?,52-,55+,56-;;8-,9-,10+,11+,12?,13-,14+,15-;/m1.1./s1. The number of esters is 1. The number of hydrogen-bond acceptors (Lipinski definition) is 15. The SMILES string of the molecule is CCCCC[N+]1=C(/C=C/C2=C(Cl)C(=C/C=C3/N(CCCCCC(=O)OC4O[C@@H]5O[C@]6(C)CC[C@H]7[C@H](C)CC[C@@H]([C@H]4C)[C@@]57OO6)c4ccccc4C3(C)C)/CCC2)C(C)(C)c2ccccc21.CCCCC[N+]1=C(/C=C/C2=C(Cl)C(=C/C=C3/N(CCCCOC=O)c4ccccc4C3(C)C)/CCC2)C(C)(C)c2ccccc21.C[C@@H]1CC[C@H]2[C@@H](C)C(O)O[C@@H]3O[C@]4(C)CC[C@@H]1[C@]32OO4.ClCCl. The van der Waals surface area contributed by atoms with Crippen LogP contribution in [0.2, 0.25) is 0 Å². The molecule has 21 heteroatoms. The maximum absolute atomic E-state index is 13.4. The topological polar surface area (TPSA) is 159 Å². The number of unbranched alkanes of at least 4 members (excludes halogenated alkanes) is 7. The summed E-state index contributed by atoms with van der Waals surface area (Å²) in [7, 11) is 0. The number of nitrogens with zero attached hydrogens (tertiary/aromatic N) is 4. The quantitative estimate of drug-likeness (QED) is 0.0150. The Morgan fingerprint density at radius 3 is 1.39 bits per heavy atom. The number of fused-ring (bicyclic) bond motifs is 8. The molecule has 17 nitrogen and oxygen atoms in total. The number of para-hydroxylation sites is 4. The number of ether oxygens (including phenoxy) is 6. The van der Waals surface area contributed by atoms with Crippen LogP contribution in [0.3, 0.4) is 0 Å². The van der Waals surface area contributed by atoms with E-state index in [1.54, 1.807) is 0 Å². The van der Waals surface area contributed by atoms with E-state index >= 15 is 0 Å². The van der Waals surface area contributed by atoms with Crippen LogP contribution in [0.4, 0.5) is 22.7 Å². The summed E-state index contributed by atoms with van der Waals surface area (Å²) in [5.41, 5.74) is 19.1. The number of aliphatic hydroxyl groups excluding tert-OH is 1. The number of rotatable bonds is 27. The Morgan fingerprint density at radius 2 is 0.925 bits per heavy atom. The van der Waals surface area contributed by atoms with Gasteiger partial charge >= 0.3 is 5.97 Å². The van der Waals surface area contributed by atoms with Crippen molar-refractivity contribution >= 4 is 93.0 Å². The highest BCUT2D eigenvalue weighted by Gasteiger charge is 2.72. The molecule has 2 spiro atoms. The monoisotopic (exact) mass is 1900 g/mol. The fourth-order valence-corrected chi connectivity index (χ4v) is 25.6. The Balaban J connectivity index is 0.000000170. The lowest BCUT2D eigenvalue weighted by atomic mass is 9.58. The molecule has 16 aliphatic rings. The molecule has 4 aromatic carbocycles. The minimum absolute atomic E-state index is 0.0338. The highest BCUT2D eigenvalue weighted by molar-refractivity contribution is 6.40. The second-order valence-corrected chi connectivity index (χ2v) is 44.1. The Labute approximate surface area is 813 Å². The molecule has 4 bridgehead atoms. The van der Waals surface area contributed by atoms with Gasteiger partial charge in [-0.1, -0.05) is 209 Å². The molecule has 0 amide bonds. The van der Waals surface area contributed by atoms with Gasteiger partial charge < -0.3 is 43.3 Å². The van der Waals surface area contributed by atoms with E-state index in [0.29, 0.717) is 37.3 Å². The van der Waals surface area contributed by atoms with Crippen molar-refractivity contribution in [2.75, 3.05) is 47.9 Å². The molecule has 20 rings (SSSR count). The van der Waals surface area contributed by atoms with Crippen molar-refractivity contribution in [2.24, 2.45) is 47.3 Å². The highest BCUT2D eigenvalue weighted by atomic mass is 35.5. The van der Waals surface area contributed by atoms with Gasteiger partial charge in [-0.3, -0.25) is 9.59 Å². The number of alkyl halides is 2. The molecule has 2 saturated carbocycles. The molecule has 4 aromatic rings. The smallest absolute Gasteiger partial charge is 0.308 e. The molecule has 12 heterocycles. The fraction of sp³-hybridized carbons (Fsp3) is 0.607. The molecular formula is C112H150Cl4N4O13+2. The van der Waals surface area contributed by atoms with Gasteiger partial charge in [-0.2, -0.15) is 9.15 Å². The summed E-state index contributed by atoms with van der Waals surface area (Å²) >= 11 is 24.1. The first kappa shape index (κ1) is 101. The first-order valence-corrected chi connectivity index (χ1v) is 52.3. The van der Waals surface area contributed by atoms with Crippen LogP contribution < -0.4 is 9.80 Å². The minimum atomic E-state index is -0.860. The second kappa shape index (κ2) is 42.7. The lowest BCUT2D eigenvalue weighted by Crippen LogP contribution is -2.70. The highest BCUT2D eigenvalue weighted by Crippen LogP contribution is 2.63. The average molecular weight is 1900 g/mol. The number of halogens is 4. The van der Waals surface area contributed by atoms with Gasteiger partial charge in [0.25, 0.3) is 6.47 Å². The third kappa shape index (κ3) is 20.1. The van der Waals surface area contributed by atoms with E-state index in [1.807, 2.05) is 20.8 Å². The minimum Gasteiger partial charge on any atom is -0.468 e. The normalized spacial score (nSPS) is 32.7. The molecule has 722 valence electrons. The van der Waals surface area contributed by atoms with Gasteiger partial charge in [0.2, 0.25) is 29.2 Å². The van der Waals surface area contributed by atoms with Crippen molar-refractivity contribution in [1.82, 2.24) is 0 Å². The maximum Gasteiger partial charge on any atom is 0.308 e. The van der Waals surface area contributed by atoms with E-state index in [2.05, 4.69) is 255 Å². The lowest BCUT2D eigenvalue weighted by Gasteiger charge is -2.59. The zero-order chi connectivity index (χ0) is 94.6. The van der Waals surface area contributed by atoms with Crippen molar-refractivity contribution in [3.8, 4) is 0 Å². The Hall–Kier alpha value is -6.52. The molecule has 0 aromatic heterocycles. The van der Waals surface area contributed by atoms with Crippen LogP contribution in [0.1, 0.15) is 300 Å². The predicted octanol–water partition coefficient (Wildman–Crippen LogP) is 27.1. The number of benzene rings is 4. The van der Waals surface area contributed by atoms with E-state index < -0.39 is 47.9 Å². The number of carbonyl (C=O) groups excluding carboxylic acids is 2. The largest absolute Gasteiger partial charge is 0.468 e. The number of carbonyl (C=O) groups is 2. The van der Waals surface area contributed by atoms with Crippen LogP contribution in [-0.4, -0.2) is 124 Å². The molecule has 2 unspecified atom stereocenters. The van der Waals surface area contributed by atoms with Gasteiger partial charge in [-0.25, -0.2) is 19.6 Å².